The van der Waals surface area contributed by atoms with E-state index in [0.29, 0.717) is 22.3 Å². The van der Waals surface area contributed by atoms with E-state index in [2.05, 4.69) is 5.32 Å². The van der Waals surface area contributed by atoms with E-state index < -0.39 is 4.92 Å². The minimum Gasteiger partial charge on any atom is -0.379 e. The maximum absolute atomic E-state index is 10.9. The molecule has 0 bridgehead atoms. The van der Waals surface area contributed by atoms with Gasteiger partial charge in [0, 0.05) is 22.7 Å². The van der Waals surface area contributed by atoms with Crippen LogP contribution in [0.2, 0.25) is 10.0 Å². The van der Waals surface area contributed by atoms with Gasteiger partial charge in [-0.25, -0.2) is 0 Å². The first-order valence-electron chi connectivity index (χ1n) is 5.98. The lowest BCUT2D eigenvalue weighted by atomic mass is 10.1. The van der Waals surface area contributed by atoms with Gasteiger partial charge in [0.2, 0.25) is 0 Å². The van der Waals surface area contributed by atoms with Gasteiger partial charge < -0.3 is 5.32 Å². The zero-order chi connectivity index (χ0) is 14.5. The van der Waals surface area contributed by atoms with Gasteiger partial charge in [0.15, 0.2) is 0 Å². The molecule has 0 amide bonds. The number of benzene rings is 2. The number of nitrogens with zero attached hydrogens (tertiary/aromatic N) is 1. The van der Waals surface area contributed by atoms with Gasteiger partial charge >= 0.3 is 0 Å². The van der Waals surface area contributed by atoms with E-state index in [0.717, 1.165) is 12.0 Å². The normalized spacial score (nSPS) is 10.3. The van der Waals surface area contributed by atoms with E-state index in [9.17, 15) is 10.1 Å². The molecule has 0 heterocycles. The van der Waals surface area contributed by atoms with E-state index >= 15 is 0 Å². The summed E-state index contributed by atoms with van der Waals surface area (Å²) in [5, 5.41) is 15.0. The van der Waals surface area contributed by atoms with Crippen molar-refractivity contribution in [2.24, 2.45) is 0 Å². The predicted molar refractivity (Wildman–Crippen MR) is 81.8 cm³/mol. The standard InChI is InChI=1S/C14H12Cl2N2O2/c15-11-3-1-10(2-4-11)7-8-17-13-6-5-12(16)9-14(13)18(19)20/h1-6,9,17H,7-8H2. The third kappa shape index (κ3) is 3.85. The third-order valence-corrected chi connectivity index (χ3v) is 3.29. The quantitative estimate of drug-likeness (QED) is 0.650. The Hall–Kier alpha value is -1.78. The number of anilines is 1. The molecule has 0 aliphatic rings. The number of nitrogens with one attached hydrogen (secondary N) is 1. The second-order valence-electron chi connectivity index (χ2n) is 4.22. The number of halogens is 2. The molecule has 0 saturated carbocycles. The smallest absolute Gasteiger partial charge is 0.293 e. The maximum Gasteiger partial charge on any atom is 0.293 e. The molecule has 20 heavy (non-hydrogen) atoms. The van der Waals surface area contributed by atoms with E-state index in [1.165, 1.54) is 6.07 Å². The fourth-order valence-corrected chi connectivity index (χ4v) is 2.09. The molecule has 2 aromatic rings. The molecule has 0 fully saturated rings. The second-order valence-corrected chi connectivity index (χ2v) is 5.09. The Morgan fingerprint density at radius 3 is 2.35 bits per heavy atom. The van der Waals surface area contributed by atoms with Crippen LogP contribution in [-0.2, 0) is 6.42 Å². The fraction of sp³-hybridized carbons (Fsp3) is 0.143. The molecule has 6 heteroatoms. The zero-order valence-corrected chi connectivity index (χ0v) is 12.0. The van der Waals surface area contributed by atoms with Crippen molar-refractivity contribution in [3.8, 4) is 0 Å². The highest BCUT2D eigenvalue weighted by Crippen LogP contribution is 2.27. The van der Waals surface area contributed by atoms with Gasteiger partial charge in [-0.3, -0.25) is 10.1 Å². The summed E-state index contributed by atoms with van der Waals surface area (Å²) >= 11 is 11.6. The summed E-state index contributed by atoms with van der Waals surface area (Å²) in [5.41, 5.74) is 1.56. The summed E-state index contributed by atoms with van der Waals surface area (Å²) in [4.78, 5) is 10.5. The van der Waals surface area contributed by atoms with Crippen LogP contribution in [0.3, 0.4) is 0 Å². The topological polar surface area (TPSA) is 55.2 Å². The minimum atomic E-state index is -0.448. The van der Waals surface area contributed by atoms with Gasteiger partial charge in [-0.1, -0.05) is 35.3 Å². The number of nitro groups is 1. The Kier molecular flexibility index (Phi) is 4.82. The van der Waals surface area contributed by atoms with Crippen molar-refractivity contribution >= 4 is 34.6 Å². The number of hydrogen-bond donors (Lipinski definition) is 1. The average molecular weight is 311 g/mol. The maximum atomic E-state index is 10.9. The van der Waals surface area contributed by atoms with Crippen molar-refractivity contribution in [3.05, 3.63) is 68.2 Å². The first-order valence-corrected chi connectivity index (χ1v) is 6.74. The van der Waals surface area contributed by atoms with Crippen molar-refractivity contribution in [1.82, 2.24) is 0 Å². The van der Waals surface area contributed by atoms with Crippen LogP contribution in [0.15, 0.2) is 42.5 Å². The monoisotopic (exact) mass is 310 g/mol. The zero-order valence-electron chi connectivity index (χ0n) is 10.5. The molecule has 104 valence electrons. The van der Waals surface area contributed by atoms with Crippen molar-refractivity contribution < 1.29 is 4.92 Å². The molecule has 2 aromatic carbocycles. The Bertz CT molecular complexity index is 615. The van der Waals surface area contributed by atoms with E-state index in [4.69, 9.17) is 23.2 Å². The lowest BCUT2D eigenvalue weighted by Gasteiger charge is -2.07. The molecule has 0 aliphatic carbocycles. The van der Waals surface area contributed by atoms with Crippen LogP contribution in [0.25, 0.3) is 0 Å². The van der Waals surface area contributed by atoms with Gasteiger partial charge in [-0.15, -0.1) is 0 Å². The lowest BCUT2D eigenvalue weighted by Crippen LogP contribution is -2.06. The van der Waals surface area contributed by atoms with Crippen molar-refractivity contribution in [3.63, 3.8) is 0 Å². The average Bonchev–Trinajstić information content (AvgIpc) is 2.42. The van der Waals surface area contributed by atoms with Gasteiger partial charge in [-0.2, -0.15) is 0 Å². The van der Waals surface area contributed by atoms with E-state index in [1.54, 1.807) is 12.1 Å². The highest BCUT2D eigenvalue weighted by Gasteiger charge is 2.13. The largest absolute Gasteiger partial charge is 0.379 e. The van der Waals surface area contributed by atoms with Crippen LogP contribution < -0.4 is 5.32 Å². The molecule has 0 aromatic heterocycles. The summed E-state index contributed by atoms with van der Waals surface area (Å²) in [6.45, 7) is 0.587. The Morgan fingerprint density at radius 1 is 1.05 bits per heavy atom. The minimum absolute atomic E-state index is 0.0198. The fourth-order valence-electron chi connectivity index (χ4n) is 1.80. The van der Waals surface area contributed by atoms with Gasteiger partial charge in [0.25, 0.3) is 5.69 Å². The molecular formula is C14H12Cl2N2O2. The highest BCUT2D eigenvalue weighted by atomic mass is 35.5. The summed E-state index contributed by atoms with van der Waals surface area (Å²) in [6.07, 6.45) is 0.747. The first kappa shape index (κ1) is 14.6. The Morgan fingerprint density at radius 2 is 1.70 bits per heavy atom. The van der Waals surface area contributed by atoms with Crippen molar-refractivity contribution in [1.29, 1.82) is 0 Å². The summed E-state index contributed by atoms with van der Waals surface area (Å²) in [7, 11) is 0. The number of hydrogen-bond acceptors (Lipinski definition) is 3. The van der Waals surface area contributed by atoms with Gasteiger partial charge in [0.05, 0.1) is 4.92 Å². The third-order valence-electron chi connectivity index (χ3n) is 2.80. The summed E-state index contributed by atoms with van der Waals surface area (Å²) in [5.74, 6) is 0. The predicted octanol–water partition coefficient (Wildman–Crippen LogP) is 4.56. The van der Waals surface area contributed by atoms with E-state index in [-0.39, 0.29) is 5.69 Å². The molecule has 2 rings (SSSR count). The summed E-state index contributed by atoms with van der Waals surface area (Å²) < 4.78 is 0. The van der Waals surface area contributed by atoms with Crippen molar-refractivity contribution in [2.45, 2.75) is 6.42 Å². The molecular weight excluding hydrogens is 299 g/mol. The Balaban J connectivity index is 2.00. The molecule has 0 spiro atoms. The van der Waals surface area contributed by atoms with Gasteiger partial charge in [0.1, 0.15) is 5.69 Å². The lowest BCUT2D eigenvalue weighted by molar-refractivity contribution is -0.383. The summed E-state index contributed by atoms with van der Waals surface area (Å²) in [6, 6.07) is 12.1. The van der Waals surface area contributed by atoms with Gasteiger partial charge in [-0.05, 0) is 36.2 Å². The SMILES string of the molecule is O=[N+]([O-])c1cc(Cl)ccc1NCCc1ccc(Cl)cc1. The second kappa shape index (κ2) is 6.59. The molecule has 0 atom stereocenters. The first-order chi connectivity index (χ1) is 9.56. The van der Waals surface area contributed by atoms with Crippen LogP contribution in [0, 0.1) is 10.1 Å². The van der Waals surface area contributed by atoms with Crippen LogP contribution in [-0.4, -0.2) is 11.5 Å². The molecule has 0 saturated heterocycles. The van der Waals surface area contributed by atoms with Crippen LogP contribution in [0.4, 0.5) is 11.4 Å². The molecule has 0 aliphatic heterocycles. The number of nitro benzene ring substituents is 1. The molecule has 4 nitrogen and oxygen atoms in total. The van der Waals surface area contributed by atoms with Crippen LogP contribution >= 0.6 is 23.2 Å². The van der Waals surface area contributed by atoms with Crippen LogP contribution in [0.1, 0.15) is 5.56 Å². The molecule has 1 N–H and O–H groups in total. The van der Waals surface area contributed by atoms with Crippen molar-refractivity contribution in [2.75, 3.05) is 11.9 Å². The Labute approximate surface area is 126 Å². The van der Waals surface area contributed by atoms with E-state index in [1.807, 2.05) is 24.3 Å². The molecule has 0 unspecified atom stereocenters. The molecule has 0 radical (unpaired) electrons. The number of rotatable bonds is 5. The highest BCUT2D eigenvalue weighted by molar-refractivity contribution is 6.31. The van der Waals surface area contributed by atoms with Crippen LogP contribution in [0.5, 0.6) is 0 Å².